The highest BCUT2D eigenvalue weighted by molar-refractivity contribution is 5.76. The molecule has 1 N–H and O–H groups in total. The molecule has 1 amide bonds. The first-order valence-corrected chi connectivity index (χ1v) is 11.7. The van der Waals surface area contributed by atoms with Gasteiger partial charge >= 0.3 is 0 Å². The molecule has 0 saturated heterocycles. The van der Waals surface area contributed by atoms with Crippen molar-refractivity contribution in [3.05, 3.63) is 76.7 Å². The van der Waals surface area contributed by atoms with Gasteiger partial charge in [0.2, 0.25) is 5.91 Å². The second-order valence-electron chi connectivity index (χ2n) is 8.15. The summed E-state index contributed by atoms with van der Waals surface area (Å²) in [5.41, 5.74) is 1.62. The molecule has 0 aliphatic rings. The predicted octanol–water partition coefficient (Wildman–Crippen LogP) is 3.44. The van der Waals surface area contributed by atoms with Gasteiger partial charge in [-0.25, -0.2) is 0 Å². The lowest BCUT2D eigenvalue weighted by molar-refractivity contribution is -0.129. The third-order valence-electron chi connectivity index (χ3n) is 5.67. The Morgan fingerprint density at radius 2 is 1.81 bits per heavy atom. The van der Waals surface area contributed by atoms with Crippen molar-refractivity contribution < 1.29 is 19.0 Å². The van der Waals surface area contributed by atoms with Gasteiger partial charge in [0.05, 0.1) is 20.8 Å². The number of carbonyl (C=O) groups is 1. The number of nitrogens with one attached hydrogen (secondary N) is 1. The highest BCUT2D eigenvalue weighted by atomic mass is 16.5. The Morgan fingerprint density at radius 3 is 2.47 bits per heavy atom. The van der Waals surface area contributed by atoms with E-state index in [9.17, 15) is 9.59 Å². The molecule has 9 heteroatoms. The maximum Gasteiger partial charge on any atom is 0.273 e. The number of carbonyl (C=O) groups excluding carboxylic acids is 1. The molecule has 0 atom stereocenters. The first-order valence-electron chi connectivity index (χ1n) is 11.7. The number of aromatic nitrogens is 3. The minimum Gasteiger partial charge on any atom is -0.493 e. The lowest BCUT2D eigenvalue weighted by Gasteiger charge is -2.17. The van der Waals surface area contributed by atoms with E-state index in [-0.39, 0.29) is 30.0 Å². The highest BCUT2D eigenvalue weighted by Gasteiger charge is 2.13. The van der Waals surface area contributed by atoms with E-state index >= 15 is 0 Å². The number of amides is 1. The van der Waals surface area contributed by atoms with Crippen LogP contribution in [0.15, 0.2) is 59.9 Å². The van der Waals surface area contributed by atoms with Crippen LogP contribution in [0.5, 0.6) is 17.2 Å². The summed E-state index contributed by atoms with van der Waals surface area (Å²) in [6.07, 6.45) is 3.59. The monoisotopic (exact) mass is 492 g/mol. The minimum absolute atomic E-state index is 0.0761. The lowest BCUT2D eigenvalue weighted by atomic mass is 10.1. The van der Waals surface area contributed by atoms with Crippen molar-refractivity contribution in [3.63, 3.8) is 0 Å². The van der Waals surface area contributed by atoms with Crippen molar-refractivity contribution >= 4 is 5.91 Å². The van der Waals surface area contributed by atoms with Gasteiger partial charge in [-0.1, -0.05) is 12.1 Å². The fourth-order valence-electron chi connectivity index (χ4n) is 3.50. The Morgan fingerprint density at radius 1 is 1.06 bits per heavy atom. The number of hydrogen-bond donors (Lipinski definition) is 1. The van der Waals surface area contributed by atoms with Crippen molar-refractivity contribution in [2.24, 2.45) is 0 Å². The maximum absolute atomic E-state index is 12.6. The van der Waals surface area contributed by atoms with E-state index in [1.165, 1.54) is 0 Å². The Labute approximate surface area is 210 Å². The van der Waals surface area contributed by atoms with Crippen molar-refractivity contribution in [2.45, 2.75) is 25.7 Å². The average molecular weight is 493 g/mol. The van der Waals surface area contributed by atoms with Gasteiger partial charge in [0.1, 0.15) is 11.4 Å². The van der Waals surface area contributed by atoms with Crippen molar-refractivity contribution in [3.8, 4) is 28.6 Å². The summed E-state index contributed by atoms with van der Waals surface area (Å²) >= 11 is 0. The first kappa shape index (κ1) is 26.5. The van der Waals surface area contributed by atoms with E-state index in [1.807, 2.05) is 30.3 Å². The smallest absolute Gasteiger partial charge is 0.273 e. The molecule has 190 valence electrons. The molecule has 0 aliphatic carbocycles. The normalized spacial score (nSPS) is 10.5. The van der Waals surface area contributed by atoms with Crippen LogP contribution in [0.2, 0.25) is 0 Å². The fraction of sp³-hybridized carbons (Fsp3) is 0.333. The van der Waals surface area contributed by atoms with Crippen LogP contribution in [0.3, 0.4) is 0 Å². The maximum atomic E-state index is 12.6. The third kappa shape index (κ3) is 7.18. The molecule has 0 bridgehead atoms. The average Bonchev–Trinajstić information content (AvgIpc) is 2.91. The van der Waals surface area contributed by atoms with Crippen molar-refractivity contribution in [1.29, 1.82) is 0 Å². The van der Waals surface area contributed by atoms with E-state index in [0.29, 0.717) is 42.5 Å². The number of aromatic amines is 1. The van der Waals surface area contributed by atoms with Crippen molar-refractivity contribution in [2.75, 3.05) is 34.4 Å². The first-order chi connectivity index (χ1) is 17.4. The largest absolute Gasteiger partial charge is 0.493 e. The van der Waals surface area contributed by atoms with Gasteiger partial charge in [0.15, 0.2) is 17.3 Å². The standard InChI is InChI=1S/C27H32N4O5/c1-5-6-17-36-21-10-8-20(9-11-21)26-28-27(33)22(29-30-26)12-14-25(32)31(2)16-15-19-7-13-23(34-3)24(18-19)35-4/h5,7-11,13,18H,1,6,12,14-17H2,2-4H3,(H,28,30,33). The number of rotatable bonds is 13. The lowest BCUT2D eigenvalue weighted by Crippen LogP contribution is -2.30. The second kappa shape index (κ2) is 13.1. The summed E-state index contributed by atoms with van der Waals surface area (Å²) in [5, 5.41) is 8.20. The number of H-pyrrole nitrogens is 1. The number of hydrogen-bond acceptors (Lipinski definition) is 7. The van der Waals surface area contributed by atoms with Gasteiger partial charge in [-0.15, -0.1) is 16.8 Å². The van der Waals surface area contributed by atoms with Gasteiger partial charge in [0, 0.05) is 32.0 Å². The van der Waals surface area contributed by atoms with Gasteiger partial charge in [-0.2, -0.15) is 0 Å². The molecular weight excluding hydrogens is 460 g/mol. The summed E-state index contributed by atoms with van der Waals surface area (Å²) in [5.74, 6) is 2.32. The summed E-state index contributed by atoms with van der Waals surface area (Å²) in [7, 11) is 4.92. The SMILES string of the molecule is C=CCCOc1ccc(-c2nnc(CCC(=O)N(C)CCc3ccc(OC)c(OC)c3)c(=O)[nH]2)cc1. The molecule has 0 spiro atoms. The zero-order valence-corrected chi connectivity index (χ0v) is 21.0. The Hall–Kier alpha value is -4.14. The van der Waals surface area contributed by atoms with Crippen LogP contribution in [0, 0.1) is 0 Å². The van der Waals surface area contributed by atoms with Gasteiger partial charge in [-0.05, 0) is 54.8 Å². The third-order valence-corrected chi connectivity index (χ3v) is 5.67. The Balaban J connectivity index is 1.52. The van der Waals surface area contributed by atoms with Crippen LogP contribution in [0.25, 0.3) is 11.4 Å². The number of ether oxygens (including phenoxy) is 3. The van der Waals surface area contributed by atoms with Crippen LogP contribution in [-0.2, 0) is 17.6 Å². The van der Waals surface area contributed by atoms with E-state index in [0.717, 1.165) is 17.7 Å². The van der Waals surface area contributed by atoms with Crippen LogP contribution >= 0.6 is 0 Å². The summed E-state index contributed by atoms with van der Waals surface area (Å²) in [6, 6.07) is 12.9. The summed E-state index contributed by atoms with van der Waals surface area (Å²) in [4.78, 5) is 29.5. The Bertz CT molecular complexity index is 1220. The zero-order valence-electron chi connectivity index (χ0n) is 21.0. The van der Waals surface area contributed by atoms with Gasteiger partial charge in [0.25, 0.3) is 5.56 Å². The van der Waals surface area contributed by atoms with E-state index < -0.39 is 0 Å². The molecule has 0 aliphatic heterocycles. The highest BCUT2D eigenvalue weighted by Crippen LogP contribution is 2.27. The molecule has 2 aromatic carbocycles. The molecule has 3 rings (SSSR count). The summed E-state index contributed by atoms with van der Waals surface area (Å²) in [6.45, 7) is 4.75. The molecule has 0 fully saturated rings. The molecular formula is C27H32N4O5. The van der Waals surface area contributed by atoms with Crippen LogP contribution in [-0.4, -0.2) is 60.4 Å². The molecule has 0 radical (unpaired) electrons. The number of methoxy groups -OCH3 is 2. The van der Waals surface area contributed by atoms with Gasteiger partial charge < -0.3 is 24.1 Å². The number of likely N-dealkylation sites (N-methyl/N-ethyl adjacent to an activating group) is 1. The molecule has 3 aromatic rings. The summed E-state index contributed by atoms with van der Waals surface area (Å²) < 4.78 is 16.2. The quantitative estimate of drug-likeness (QED) is 0.288. The molecule has 9 nitrogen and oxygen atoms in total. The fourth-order valence-corrected chi connectivity index (χ4v) is 3.50. The Kier molecular flexibility index (Phi) is 9.62. The topological polar surface area (TPSA) is 107 Å². The molecule has 1 heterocycles. The van der Waals surface area contributed by atoms with Crippen LogP contribution < -0.4 is 19.8 Å². The van der Waals surface area contributed by atoms with E-state index in [1.54, 1.807) is 44.4 Å². The van der Waals surface area contributed by atoms with Crippen LogP contribution in [0.4, 0.5) is 0 Å². The molecule has 0 saturated carbocycles. The molecule has 0 unspecified atom stereocenters. The number of benzene rings is 2. The van der Waals surface area contributed by atoms with Gasteiger partial charge in [-0.3, -0.25) is 9.59 Å². The zero-order chi connectivity index (χ0) is 25.9. The van der Waals surface area contributed by atoms with Crippen LogP contribution in [0.1, 0.15) is 24.1 Å². The van der Waals surface area contributed by atoms with E-state index in [2.05, 4.69) is 21.8 Å². The number of aryl methyl sites for hydroxylation is 1. The second-order valence-corrected chi connectivity index (χ2v) is 8.15. The molecule has 1 aromatic heterocycles. The number of nitrogens with zero attached hydrogens (tertiary/aromatic N) is 3. The van der Waals surface area contributed by atoms with Crippen molar-refractivity contribution in [1.82, 2.24) is 20.1 Å². The minimum atomic E-state index is -0.355. The predicted molar refractivity (Wildman–Crippen MR) is 138 cm³/mol. The molecule has 36 heavy (non-hydrogen) atoms. The van der Waals surface area contributed by atoms with E-state index in [4.69, 9.17) is 14.2 Å².